The Hall–Kier alpha value is 1.81. The number of carboxylic acids is 1. The van der Waals surface area contributed by atoms with E-state index in [1.807, 2.05) is 0 Å². The van der Waals surface area contributed by atoms with Crippen molar-refractivity contribution >= 4 is 31.2 Å². The quantitative estimate of drug-likeness (QED) is 0.307. The van der Waals surface area contributed by atoms with E-state index < -0.39 is 5.97 Å². The molecule has 0 fully saturated rings. The topological polar surface area (TPSA) is 40.1 Å². The summed E-state index contributed by atoms with van der Waals surface area (Å²) >= 11 is 8.41. The molecule has 72 valence electrons. The first-order chi connectivity index (χ1) is 5.66. The summed E-state index contributed by atoms with van der Waals surface area (Å²) in [5.74, 6) is -0.116. The second-order valence-corrected chi connectivity index (χ2v) is 3.96. The first-order valence-electron chi connectivity index (χ1n) is 4.15. The van der Waals surface area contributed by atoms with Gasteiger partial charge in [-0.25, -0.2) is 0 Å². The average molecular weight is 246 g/mol. The molecule has 0 aliphatic carbocycles. The van der Waals surface area contributed by atoms with Gasteiger partial charge in [0.2, 0.25) is 0 Å². The molecule has 0 saturated carbocycles. The molecule has 0 bridgehead atoms. The summed E-state index contributed by atoms with van der Waals surface area (Å²) in [6, 6.07) is 0. The van der Waals surface area contributed by atoms with Gasteiger partial charge in [0.25, 0.3) is 0 Å². The van der Waals surface area contributed by atoms with Crippen LogP contribution >= 0.6 is 25.3 Å². The van der Waals surface area contributed by atoms with Crippen molar-refractivity contribution < 1.29 is 61.3 Å². The Morgan fingerprint density at radius 1 is 1.31 bits per heavy atom. The van der Waals surface area contributed by atoms with Crippen LogP contribution < -0.4 is 56.5 Å². The minimum Gasteiger partial charge on any atom is -0.550 e. The number of carbonyl (C=O) groups excluding carboxylic acids is 1. The van der Waals surface area contributed by atoms with E-state index in [2.05, 4.69) is 25.3 Å². The maximum Gasteiger partial charge on any atom is 1.00 e. The Morgan fingerprint density at radius 3 is 2.38 bits per heavy atom. The van der Waals surface area contributed by atoms with Crippen LogP contribution in [0, 0.1) is 0 Å². The summed E-state index contributed by atoms with van der Waals surface area (Å²) in [5, 5.41) is 10.4. The first kappa shape index (κ1) is 17.2. The van der Waals surface area contributed by atoms with Crippen LogP contribution in [0.25, 0.3) is 0 Å². The Labute approximate surface area is 133 Å². The predicted molar refractivity (Wildman–Crippen MR) is 54.7 cm³/mol. The molecule has 0 amide bonds. The number of carboxylic acid groups (broad SMARTS) is 1. The number of hydrogen-bond donors (Lipinski definition) is 2. The number of unbranched alkanes of at least 4 members (excludes halogenated alkanes) is 1. The monoisotopic (exact) mass is 246 g/mol. The smallest absolute Gasteiger partial charge is 0.550 e. The Balaban J connectivity index is 0. The number of aliphatic carboxylic acids is 1. The maximum atomic E-state index is 10.0. The molecule has 0 aromatic carbocycles. The van der Waals surface area contributed by atoms with Crippen molar-refractivity contribution in [3.05, 3.63) is 0 Å². The number of rotatable bonds is 7. The third-order valence-corrected chi connectivity index (χ3v) is 2.41. The number of carbonyl (C=O) groups is 1. The molecule has 0 N–H and O–H groups in total. The van der Waals surface area contributed by atoms with E-state index in [4.69, 9.17) is 0 Å². The van der Waals surface area contributed by atoms with Gasteiger partial charge in [0.05, 0.1) is 0 Å². The van der Waals surface area contributed by atoms with E-state index in [1.54, 1.807) is 0 Å². The minimum absolute atomic E-state index is 0. The van der Waals surface area contributed by atoms with Gasteiger partial charge >= 0.3 is 51.4 Å². The molecule has 0 unspecified atom stereocenters. The molecule has 1 atom stereocenters. The average Bonchev–Trinajstić information content (AvgIpc) is 1.98. The summed E-state index contributed by atoms with van der Waals surface area (Å²) in [5.41, 5.74) is 0. The van der Waals surface area contributed by atoms with E-state index in [-0.39, 0.29) is 57.8 Å². The van der Waals surface area contributed by atoms with Crippen molar-refractivity contribution in [2.45, 2.75) is 37.4 Å². The van der Waals surface area contributed by atoms with Crippen molar-refractivity contribution in [3.63, 3.8) is 0 Å². The van der Waals surface area contributed by atoms with Gasteiger partial charge in [-0.2, -0.15) is 25.3 Å². The van der Waals surface area contributed by atoms with Crippen LogP contribution in [0.2, 0.25) is 0 Å². The van der Waals surface area contributed by atoms with Crippen LogP contribution in [0.3, 0.4) is 0 Å². The van der Waals surface area contributed by atoms with E-state index >= 15 is 0 Å². The fourth-order valence-electron chi connectivity index (χ4n) is 0.943. The summed E-state index contributed by atoms with van der Waals surface area (Å²) in [7, 11) is 0. The minimum atomic E-state index is -0.958. The van der Waals surface area contributed by atoms with Crippen molar-refractivity contribution in [1.29, 1.82) is 0 Å². The largest absolute Gasteiger partial charge is 1.00 e. The van der Waals surface area contributed by atoms with Crippen LogP contribution in [0.15, 0.2) is 0 Å². The van der Waals surface area contributed by atoms with E-state index in [1.165, 1.54) is 0 Å². The van der Waals surface area contributed by atoms with Gasteiger partial charge in [-0.3, -0.25) is 0 Å². The molecule has 0 radical (unpaired) electrons. The SMILES string of the molecule is O=C([O-])CCCC[C@@H](S)CCS.[K+]. The predicted octanol–water partition coefficient (Wildman–Crippen LogP) is -2.08. The Morgan fingerprint density at radius 2 is 1.92 bits per heavy atom. The van der Waals surface area contributed by atoms with Gasteiger partial charge < -0.3 is 9.90 Å². The molecular weight excluding hydrogens is 231 g/mol. The molecule has 13 heavy (non-hydrogen) atoms. The van der Waals surface area contributed by atoms with Crippen LogP contribution in [0.4, 0.5) is 0 Å². The standard InChI is InChI=1S/C8H16O2S2.K/c9-8(10)4-2-1-3-7(12)5-6-11;/h7,11-12H,1-6H2,(H,9,10);/q;+1/p-1/t7-;/m1./s1. The molecule has 0 aromatic heterocycles. The number of hydrogen-bond acceptors (Lipinski definition) is 4. The summed E-state index contributed by atoms with van der Waals surface area (Å²) in [6.45, 7) is 0. The maximum absolute atomic E-state index is 10.0. The van der Waals surface area contributed by atoms with Crippen LogP contribution in [0.1, 0.15) is 32.1 Å². The fourth-order valence-corrected chi connectivity index (χ4v) is 1.77. The van der Waals surface area contributed by atoms with Crippen LogP contribution in [-0.2, 0) is 4.79 Å². The summed E-state index contributed by atoms with van der Waals surface area (Å²) in [4.78, 5) is 10.0. The Bertz CT molecular complexity index is 133. The van der Waals surface area contributed by atoms with Gasteiger partial charge in [0, 0.05) is 11.2 Å². The third-order valence-electron chi connectivity index (χ3n) is 1.63. The molecule has 0 aromatic rings. The van der Waals surface area contributed by atoms with Crippen molar-refractivity contribution in [3.8, 4) is 0 Å². The van der Waals surface area contributed by atoms with Gasteiger partial charge in [0.15, 0.2) is 0 Å². The second kappa shape index (κ2) is 11.9. The van der Waals surface area contributed by atoms with Crippen LogP contribution in [0.5, 0.6) is 0 Å². The zero-order valence-corrected chi connectivity index (χ0v) is 12.9. The van der Waals surface area contributed by atoms with Gasteiger partial charge in [0.1, 0.15) is 0 Å². The van der Waals surface area contributed by atoms with E-state index in [0.29, 0.717) is 11.7 Å². The molecule has 0 spiro atoms. The number of thiol groups is 2. The fraction of sp³-hybridized carbons (Fsp3) is 0.875. The second-order valence-electron chi connectivity index (χ2n) is 2.78. The van der Waals surface area contributed by atoms with Crippen molar-refractivity contribution in [2.75, 3.05) is 5.75 Å². The van der Waals surface area contributed by atoms with Crippen molar-refractivity contribution in [2.24, 2.45) is 0 Å². The zero-order valence-electron chi connectivity index (χ0n) is 8.03. The molecule has 5 heteroatoms. The molecule has 0 saturated heterocycles. The normalized spacial score (nSPS) is 11.8. The van der Waals surface area contributed by atoms with Crippen molar-refractivity contribution in [1.82, 2.24) is 0 Å². The third kappa shape index (κ3) is 13.8. The Kier molecular flexibility index (Phi) is 15.7. The molecule has 0 aliphatic heterocycles. The van der Waals surface area contributed by atoms with Gasteiger partial charge in [-0.1, -0.05) is 6.42 Å². The van der Waals surface area contributed by atoms with E-state index in [0.717, 1.165) is 25.0 Å². The summed E-state index contributed by atoms with van der Waals surface area (Å²) < 4.78 is 0. The van der Waals surface area contributed by atoms with Gasteiger partial charge in [-0.05, 0) is 31.4 Å². The van der Waals surface area contributed by atoms with Crippen LogP contribution in [-0.4, -0.2) is 17.0 Å². The molecule has 0 aliphatic rings. The molecular formula is C8H15KO2S2. The summed E-state index contributed by atoms with van der Waals surface area (Å²) in [6.07, 6.45) is 3.73. The molecule has 2 nitrogen and oxygen atoms in total. The van der Waals surface area contributed by atoms with E-state index in [9.17, 15) is 9.90 Å². The van der Waals surface area contributed by atoms with Gasteiger partial charge in [-0.15, -0.1) is 0 Å². The zero-order chi connectivity index (χ0) is 9.40. The first-order valence-corrected chi connectivity index (χ1v) is 5.30. The molecule has 0 rings (SSSR count). The molecule has 0 heterocycles.